The van der Waals surface area contributed by atoms with Crippen molar-refractivity contribution in [1.82, 2.24) is 10.6 Å². The van der Waals surface area contributed by atoms with Gasteiger partial charge in [-0.05, 0) is 24.0 Å². The van der Waals surface area contributed by atoms with Crippen LogP contribution >= 0.6 is 0 Å². The molecule has 188 valence electrons. The number of nitrogens with one attached hydrogen (secondary N) is 2. The van der Waals surface area contributed by atoms with E-state index in [2.05, 4.69) is 10.6 Å². The molecule has 0 aliphatic heterocycles. The maximum Gasteiger partial charge on any atom is 0.408 e. The molecular formula is C24H30N4O7. The summed E-state index contributed by atoms with van der Waals surface area (Å²) >= 11 is 0. The number of rotatable bonds is 12. The van der Waals surface area contributed by atoms with Crippen molar-refractivity contribution < 1.29 is 28.8 Å². The van der Waals surface area contributed by atoms with Gasteiger partial charge in [0.1, 0.15) is 24.4 Å². The van der Waals surface area contributed by atoms with Crippen LogP contribution in [0.2, 0.25) is 0 Å². The summed E-state index contributed by atoms with van der Waals surface area (Å²) in [5.74, 6) is -1.15. The lowest BCUT2D eigenvalue weighted by molar-refractivity contribution is -0.384. The molecule has 0 saturated heterocycles. The minimum Gasteiger partial charge on any atom is -0.496 e. The highest BCUT2D eigenvalue weighted by Gasteiger charge is 2.28. The zero-order valence-corrected chi connectivity index (χ0v) is 19.9. The summed E-state index contributed by atoms with van der Waals surface area (Å²) in [6, 6.07) is 10.8. The Morgan fingerprint density at radius 3 is 2.31 bits per heavy atom. The molecule has 0 aromatic heterocycles. The molecule has 2 atom stereocenters. The van der Waals surface area contributed by atoms with Gasteiger partial charge in [-0.1, -0.05) is 44.2 Å². The molecule has 0 aliphatic carbocycles. The number of amides is 3. The summed E-state index contributed by atoms with van der Waals surface area (Å²) in [5, 5.41) is 16.2. The predicted octanol–water partition coefficient (Wildman–Crippen LogP) is 2.46. The molecule has 0 spiro atoms. The average molecular weight is 487 g/mol. The zero-order valence-electron chi connectivity index (χ0n) is 19.9. The second-order valence-electron chi connectivity index (χ2n) is 8.31. The number of methoxy groups -OCH3 is 1. The highest BCUT2D eigenvalue weighted by atomic mass is 16.6. The quantitative estimate of drug-likeness (QED) is 0.306. The highest BCUT2D eigenvalue weighted by Crippen LogP contribution is 2.25. The second-order valence-corrected chi connectivity index (χ2v) is 8.31. The Bertz CT molecular complexity index is 1040. The first-order valence-electron chi connectivity index (χ1n) is 11.0. The lowest BCUT2D eigenvalue weighted by Gasteiger charge is -2.23. The summed E-state index contributed by atoms with van der Waals surface area (Å²) in [5.41, 5.74) is 6.40. The van der Waals surface area contributed by atoms with Gasteiger partial charge in [0.25, 0.3) is 5.69 Å². The first kappa shape index (κ1) is 27.1. The molecule has 0 radical (unpaired) electrons. The van der Waals surface area contributed by atoms with Gasteiger partial charge in [0.05, 0.1) is 12.0 Å². The highest BCUT2D eigenvalue weighted by molar-refractivity contribution is 5.91. The number of alkyl carbamates (subject to hydrolysis) is 1. The van der Waals surface area contributed by atoms with Crippen molar-refractivity contribution in [3.63, 3.8) is 0 Å². The summed E-state index contributed by atoms with van der Waals surface area (Å²) < 4.78 is 10.4. The fraction of sp³-hybridized carbons (Fsp3) is 0.375. The van der Waals surface area contributed by atoms with Crippen LogP contribution in [0.1, 0.15) is 31.4 Å². The molecular weight excluding hydrogens is 456 g/mol. The van der Waals surface area contributed by atoms with E-state index in [9.17, 15) is 24.5 Å². The van der Waals surface area contributed by atoms with Crippen molar-refractivity contribution in [3.05, 3.63) is 69.8 Å². The van der Waals surface area contributed by atoms with Crippen molar-refractivity contribution in [3.8, 4) is 5.75 Å². The fourth-order valence-electron chi connectivity index (χ4n) is 3.36. The van der Waals surface area contributed by atoms with Crippen LogP contribution in [-0.2, 0) is 27.4 Å². The lowest BCUT2D eigenvalue weighted by atomic mass is 10.0. The van der Waals surface area contributed by atoms with Crippen LogP contribution < -0.4 is 21.1 Å². The largest absolute Gasteiger partial charge is 0.496 e. The molecule has 2 aromatic carbocycles. The predicted molar refractivity (Wildman–Crippen MR) is 127 cm³/mol. The van der Waals surface area contributed by atoms with Gasteiger partial charge in [-0.3, -0.25) is 19.7 Å². The molecule has 11 nitrogen and oxygen atoms in total. The number of carbonyl (C=O) groups is 3. The molecule has 35 heavy (non-hydrogen) atoms. The fourth-order valence-corrected chi connectivity index (χ4v) is 3.36. The Labute approximate surface area is 203 Å². The number of carbonyl (C=O) groups excluding carboxylic acids is 3. The van der Waals surface area contributed by atoms with E-state index in [-0.39, 0.29) is 31.1 Å². The molecule has 0 fully saturated rings. The molecule has 2 rings (SSSR count). The number of ether oxygens (including phenoxy) is 2. The van der Waals surface area contributed by atoms with E-state index in [1.807, 2.05) is 32.0 Å². The Hall–Kier alpha value is -4.15. The van der Waals surface area contributed by atoms with Crippen LogP contribution in [0.3, 0.4) is 0 Å². The molecule has 11 heteroatoms. The van der Waals surface area contributed by atoms with Crippen molar-refractivity contribution in [1.29, 1.82) is 0 Å². The van der Waals surface area contributed by atoms with E-state index >= 15 is 0 Å². The third-order valence-corrected chi connectivity index (χ3v) is 5.09. The number of benzene rings is 2. The standard InChI is InChI=1S/C24H30N4O7/c1-15(2)11-20(27-24(31)35-14-16-7-5-4-6-8-16)23(30)26-19(22(25)29)13-17-12-18(28(32)33)9-10-21(17)34-3/h4-10,12,15,19-20H,11,13-14H2,1-3H3,(H2,25,29)(H,26,30)(H,27,31)/t19-,20+/m1/s1. The second kappa shape index (κ2) is 12.9. The molecule has 0 heterocycles. The van der Waals surface area contributed by atoms with E-state index in [1.54, 1.807) is 12.1 Å². The van der Waals surface area contributed by atoms with Gasteiger partial charge < -0.3 is 25.8 Å². The molecule has 3 amide bonds. The SMILES string of the molecule is COc1ccc([N+](=O)[O-])cc1C[C@@H](NC(=O)[C@H](CC(C)C)NC(=O)OCc1ccccc1)C(N)=O. The lowest BCUT2D eigenvalue weighted by Crippen LogP contribution is -2.54. The Morgan fingerprint density at radius 1 is 1.06 bits per heavy atom. The Morgan fingerprint density at radius 2 is 1.74 bits per heavy atom. The topological polar surface area (TPSA) is 163 Å². The van der Waals surface area contributed by atoms with Crippen molar-refractivity contribution in [2.45, 2.75) is 45.4 Å². The van der Waals surface area contributed by atoms with Gasteiger partial charge in [0.15, 0.2) is 0 Å². The summed E-state index contributed by atoms with van der Waals surface area (Å²) in [7, 11) is 1.38. The molecule has 0 bridgehead atoms. The number of primary amides is 1. The number of nitrogens with zero attached hydrogens (tertiary/aromatic N) is 1. The molecule has 4 N–H and O–H groups in total. The zero-order chi connectivity index (χ0) is 26.0. The molecule has 2 aromatic rings. The summed E-state index contributed by atoms with van der Waals surface area (Å²) in [4.78, 5) is 48.0. The normalized spacial score (nSPS) is 12.3. The van der Waals surface area contributed by atoms with Crippen molar-refractivity contribution in [2.75, 3.05) is 7.11 Å². The van der Waals surface area contributed by atoms with Gasteiger partial charge in [-0.15, -0.1) is 0 Å². The number of hydrogen-bond donors (Lipinski definition) is 3. The minimum absolute atomic E-state index is 0.0270. The van der Waals surface area contributed by atoms with Crippen LogP contribution in [0.5, 0.6) is 5.75 Å². The minimum atomic E-state index is -1.20. The number of hydrogen-bond acceptors (Lipinski definition) is 7. The van der Waals surface area contributed by atoms with Crippen LogP contribution in [0, 0.1) is 16.0 Å². The average Bonchev–Trinajstić information content (AvgIpc) is 2.82. The van der Waals surface area contributed by atoms with Crippen molar-refractivity contribution in [2.24, 2.45) is 11.7 Å². The van der Waals surface area contributed by atoms with Crippen LogP contribution in [0.25, 0.3) is 0 Å². The Balaban J connectivity index is 2.12. The van der Waals surface area contributed by atoms with Crippen LogP contribution in [-0.4, -0.2) is 42.0 Å². The number of nitro benzene ring substituents is 1. The monoisotopic (exact) mass is 486 g/mol. The van der Waals surface area contributed by atoms with E-state index < -0.39 is 34.9 Å². The van der Waals surface area contributed by atoms with E-state index in [1.165, 1.54) is 25.3 Å². The first-order chi connectivity index (χ1) is 16.6. The van der Waals surface area contributed by atoms with E-state index in [0.29, 0.717) is 11.3 Å². The first-order valence-corrected chi connectivity index (χ1v) is 11.0. The number of nitrogens with two attached hydrogens (primary N) is 1. The van der Waals surface area contributed by atoms with Gasteiger partial charge in [-0.25, -0.2) is 4.79 Å². The molecule has 0 aliphatic rings. The van der Waals surface area contributed by atoms with E-state index in [0.717, 1.165) is 5.56 Å². The third-order valence-electron chi connectivity index (χ3n) is 5.09. The number of nitro groups is 1. The third kappa shape index (κ3) is 8.61. The molecule has 0 saturated carbocycles. The van der Waals surface area contributed by atoms with Gasteiger partial charge in [-0.2, -0.15) is 0 Å². The van der Waals surface area contributed by atoms with Gasteiger partial charge in [0.2, 0.25) is 11.8 Å². The maximum atomic E-state index is 13.0. The smallest absolute Gasteiger partial charge is 0.408 e. The maximum absolute atomic E-state index is 13.0. The number of non-ortho nitro benzene ring substituents is 1. The summed E-state index contributed by atoms with van der Waals surface area (Å²) in [6.45, 7) is 3.77. The Kier molecular flexibility index (Phi) is 10.0. The van der Waals surface area contributed by atoms with Gasteiger partial charge in [0, 0.05) is 24.1 Å². The van der Waals surface area contributed by atoms with Crippen molar-refractivity contribution >= 4 is 23.6 Å². The van der Waals surface area contributed by atoms with Gasteiger partial charge >= 0.3 is 6.09 Å². The van der Waals surface area contributed by atoms with Crippen LogP contribution in [0.15, 0.2) is 48.5 Å². The summed E-state index contributed by atoms with van der Waals surface area (Å²) in [6.07, 6.45) is -0.651. The molecule has 0 unspecified atom stereocenters. The van der Waals surface area contributed by atoms with E-state index in [4.69, 9.17) is 15.2 Å². The van der Waals surface area contributed by atoms with Crippen LogP contribution in [0.4, 0.5) is 10.5 Å².